The van der Waals surface area contributed by atoms with Gasteiger partial charge in [0.05, 0.1) is 6.10 Å². The van der Waals surface area contributed by atoms with Crippen molar-refractivity contribution in [2.24, 2.45) is 0 Å². The molecule has 0 saturated heterocycles. The van der Waals surface area contributed by atoms with E-state index in [1.165, 1.54) is 0 Å². The molecule has 6 heteroatoms. The number of alkyl carbamates (subject to hydrolysis) is 1. The van der Waals surface area contributed by atoms with Crippen LogP contribution in [0.25, 0.3) is 0 Å². The average molecular weight is 330 g/mol. The third-order valence-corrected chi connectivity index (χ3v) is 3.49. The van der Waals surface area contributed by atoms with Gasteiger partial charge in [-0.2, -0.15) is 0 Å². The molecule has 0 aliphatic heterocycles. The molecule has 0 radical (unpaired) electrons. The Morgan fingerprint density at radius 3 is 2.39 bits per heavy atom. The molecule has 0 aliphatic rings. The molecule has 0 aromatic heterocycles. The van der Waals surface area contributed by atoms with E-state index in [2.05, 4.69) is 24.1 Å². The highest BCUT2D eigenvalue weighted by Gasteiger charge is 2.17. The summed E-state index contributed by atoms with van der Waals surface area (Å²) in [6.07, 6.45) is 2.79. The summed E-state index contributed by atoms with van der Waals surface area (Å²) in [6, 6.07) is 0. The summed E-state index contributed by atoms with van der Waals surface area (Å²) >= 11 is 0. The molecule has 0 heterocycles. The molecule has 6 nitrogen and oxygen atoms in total. The number of carbonyl (C=O) groups excluding carboxylic acids is 2. The molecule has 1 N–H and O–H groups in total. The highest BCUT2D eigenvalue weighted by molar-refractivity contribution is 5.70. The van der Waals surface area contributed by atoms with E-state index in [1.807, 2.05) is 20.9 Å². The van der Waals surface area contributed by atoms with Gasteiger partial charge in [0.25, 0.3) is 0 Å². The predicted octanol–water partition coefficient (Wildman–Crippen LogP) is 2.95. The summed E-state index contributed by atoms with van der Waals surface area (Å²) in [7, 11) is 2.00. The van der Waals surface area contributed by atoms with Crippen molar-refractivity contribution >= 4 is 12.1 Å². The van der Waals surface area contributed by atoms with E-state index >= 15 is 0 Å². The summed E-state index contributed by atoms with van der Waals surface area (Å²) < 4.78 is 10.6. The summed E-state index contributed by atoms with van der Waals surface area (Å²) in [5, 5.41) is 2.76. The van der Waals surface area contributed by atoms with E-state index in [-0.39, 0.29) is 24.6 Å². The third-order valence-electron chi connectivity index (χ3n) is 3.49. The molecule has 23 heavy (non-hydrogen) atoms. The van der Waals surface area contributed by atoms with Gasteiger partial charge in [-0.1, -0.05) is 26.7 Å². The highest BCUT2D eigenvalue weighted by Crippen LogP contribution is 2.12. The van der Waals surface area contributed by atoms with Crippen LogP contribution in [0.15, 0.2) is 0 Å². The lowest BCUT2D eigenvalue weighted by molar-refractivity contribution is -0.148. The number of nitrogens with zero attached hydrogens (tertiary/aromatic N) is 1. The molecule has 1 amide bonds. The maximum absolute atomic E-state index is 11.8. The number of hydrogen-bond donors (Lipinski definition) is 1. The van der Waals surface area contributed by atoms with Gasteiger partial charge in [0.2, 0.25) is 0 Å². The molecule has 0 aliphatic carbocycles. The molecule has 0 saturated carbocycles. The quantitative estimate of drug-likeness (QED) is 0.557. The fourth-order valence-corrected chi connectivity index (χ4v) is 1.99. The summed E-state index contributed by atoms with van der Waals surface area (Å²) in [5.41, 5.74) is 0. The predicted molar refractivity (Wildman–Crippen MR) is 91.4 cm³/mol. The van der Waals surface area contributed by atoms with E-state index in [9.17, 15) is 9.59 Å². The van der Waals surface area contributed by atoms with Crippen molar-refractivity contribution in [2.45, 2.75) is 72.0 Å². The minimum absolute atomic E-state index is 0.114. The average Bonchev–Trinajstić information content (AvgIpc) is 2.49. The summed E-state index contributed by atoms with van der Waals surface area (Å²) in [4.78, 5) is 25.6. The summed E-state index contributed by atoms with van der Waals surface area (Å²) in [6.45, 7) is 10.1. The number of hydrogen-bond acceptors (Lipinski definition) is 5. The smallest absolute Gasteiger partial charge is 0.407 e. The zero-order valence-corrected chi connectivity index (χ0v) is 15.4. The standard InChI is InChI=1S/C17H34N2O4/c1-6-8-9-15(10-11-16(20)22-14(3)4)23-17(21)18-12-13-19(5)7-2/h14-15H,6-13H2,1-5H3,(H,18,21). The number of carbonyl (C=O) groups is 2. The van der Waals surface area contributed by atoms with Gasteiger partial charge in [-0.25, -0.2) is 4.79 Å². The second-order valence-electron chi connectivity index (χ2n) is 6.07. The van der Waals surface area contributed by atoms with Gasteiger partial charge in [0, 0.05) is 19.5 Å². The number of ether oxygens (including phenoxy) is 2. The first-order chi connectivity index (χ1) is 10.9. The number of likely N-dealkylation sites (N-methyl/N-ethyl adjacent to an activating group) is 1. The van der Waals surface area contributed by atoms with Crippen LogP contribution in [0.5, 0.6) is 0 Å². The first-order valence-corrected chi connectivity index (χ1v) is 8.71. The molecule has 1 atom stereocenters. The molecular weight excluding hydrogens is 296 g/mol. The number of amides is 1. The van der Waals surface area contributed by atoms with Gasteiger partial charge in [0.1, 0.15) is 6.10 Å². The van der Waals surface area contributed by atoms with Gasteiger partial charge in [0.15, 0.2) is 0 Å². The van der Waals surface area contributed by atoms with Crippen LogP contribution in [0.2, 0.25) is 0 Å². The number of esters is 1. The van der Waals surface area contributed by atoms with E-state index < -0.39 is 6.09 Å². The highest BCUT2D eigenvalue weighted by atomic mass is 16.6. The number of nitrogens with one attached hydrogen (secondary N) is 1. The normalized spacial score (nSPS) is 12.3. The molecule has 0 rings (SSSR count). The molecule has 1 unspecified atom stereocenters. The molecule has 0 fully saturated rings. The van der Waals surface area contributed by atoms with Gasteiger partial charge in [-0.3, -0.25) is 4.79 Å². The Kier molecular flexibility index (Phi) is 12.4. The number of rotatable bonds is 12. The van der Waals surface area contributed by atoms with Gasteiger partial charge in [-0.15, -0.1) is 0 Å². The van der Waals surface area contributed by atoms with E-state index in [0.717, 1.165) is 32.4 Å². The van der Waals surface area contributed by atoms with Crippen LogP contribution in [0.3, 0.4) is 0 Å². The zero-order valence-electron chi connectivity index (χ0n) is 15.4. The Hall–Kier alpha value is -1.30. The van der Waals surface area contributed by atoms with Crippen molar-refractivity contribution < 1.29 is 19.1 Å². The Bertz CT molecular complexity index is 335. The van der Waals surface area contributed by atoms with Crippen molar-refractivity contribution in [2.75, 3.05) is 26.7 Å². The van der Waals surface area contributed by atoms with Crippen LogP contribution in [0, 0.1) is 0 Å². The Balaban J connectivity index is 4.16. The van der Waals surface area contributed by atoms with Crippen molar-refractivity contribution in [3.8, 4) is 0 Å². The minimum Gasteiger partial charge on any atom is -0.463 e. The van der Waals surface area contributed by atoms with E-state index in [0.29, 0.717) is 13.0 Å². The molecule has 0 aromatic carbocycles. The van der Waals surface area contributed by atoms with Crippen molar-refractivity contribution in [1.29, 1.82) is 0 Å². The second-order valence-corrected chi connectivity index (χ2v) is 6.07. The van der Waals surface area contributed by atoms with Crippen LogP contribution >= 0.6 is 0 Å². The fraction of sp³-hybridized carbons (Fsp3) is 0.882. The van der Waals surface area contributed by atoms with Crippen LogP contribution in [0.4, 0.5) is 4.79 Å². The lowest BCUT2D eigenvalue weighted by Gasteiger charge is -2.19. The Morgan fingerprint density at radius 2 is 1.83 bits per heavy atom. The van der Waals surface area contributed by atoms with E-state index in [1.54, 1.807) is 0 Å². The van der Waals surface area contributed by atoms with Crippen LogP contribution in [0.1, 0.15) is 59.8 Å². The first kappa shape index (κ1) is 21.7. The summed E-state index contributed by atoms with van der Waals surface area (Å²) in [5.74, 6) is -0.241. The molecule has 0 bridgehead atoms. The molecule has 136 valence electrons. The number of unbranched alkanes of at least 4 members (excludes halogenated alkanes) is 1. The molecular formula is C17H34N2O4. The minimum atomic E-state index is -0.409. The topological polar surface area (TPSA) is 67.9 Å². The second kappa shape index (κ2) is 13.2. The maximum atomic E-state index is 11.8. The van der Waals surface area contributed by atoms with Crippen molar-refractivity contribution in [1.82, 2.24) is 10.2 Å². The molecule has 0 aromatic rings. The van der Waals surface area contributed by atoms with E-state index in [4.69, 9.17) is 9.47 Å². The monoisotopic (exact) mass is 330 g/mol. The van der Waals surface area contributed by atoms with Crippen LogP contribution in [-0.4, -0.2) is 55.9 Å². The van der Waals surface area contributed by atoms with Gasteiger partial charge >= 0.3 is 12.1 Å². The lowest BCUT2D eigenvalue weighted by atomic mass is 10.1. The zero-order chi connectivity index (χ0) is 17.7. The Morgan fingerprint density at radius 1 is 1.13 bits per heavy atom. The Labute approximate surface area is 140 Å². The van der Waals surface area contributed by atoms with Crippen LogP contribution in [-0.2, 0) is 14.3 Å². The fourth-order valence-electron chi connectivity index (χ4n) is 1.99. The third kappa shape index (κ3) is 12.9. The van der Waals surface area contributed by atoms with Crippen molar-refractivity contribution in [3.05, 3.63) is 0 Å². The maximum Gasteiger partial charge on any atom is 0.407 e. The van der Waals surface area contributed by atoms with Gasteiger partial charge in [-0.05, 0) is 40.3 Å². The lowest BCUT2D eigenvalue weighted by Crippen LogP contribution is -2.35. The van der Waals surface area contributed by atoms with Crippen LogP contribution < -0.4 is 5.32 Å². The molecule has 0 spiro atoms. The first-order valence-electron chi connectivity index (χ1n) is 8.71. The van der Waals surface area contributed by atoms with Crippen molar-refractivity contribution in [3.63, 3.8) is 0 Å². The largest absolute Gasteiger partial charge is 0.463 e. The van der Waals surface area contributed by atoms with Gasteiger partial charge < -0.3 is 19.7 Å². The SMILES string of the molecule is CCCCC(CCC(=O)OC(C)C)OC(=O)NCCN(C)CC.